The van der Waals surface area contributed by atoms with Gasteiger partial charge in [-0.1, -0.05) is 146 Å². The van der Waals surface area contributed by atoms with Crippen LogP contribution in [-0.2, 0) is 0 Å². The monoisotopic (exact) mass is 784 g/mol. The molecule has 0 bridgehead atoms. The van der Waals surface area contributed by atoms with Gasteiger partial charge >= 0.3 is 0 Å². The molecule has 12 aromatic rings. The van der Waals surface area contributed by atoms with Crippen LogP contribution in [0.4, 0.5) is 0 Å². The summed E-state index contributed by atoms with van der Waals surface area (Å²) < 4.78 is 11.5. The fourth-order valence-corrected chi connectivity index (χ4v) is 9.14. The SMILES string of the molecule is c1ccc(-c2nc(-c3ccc(-c4ccc(-c5nc6ccccc6c6c5ccc5nsnc56)cc4)cc3)cc(-c3ccc(-n4c5ccccc5c5ccccc54)cc3)n2)cc1. The quantitative estimate of drug-likeness (QED) is 0.157. The lowest BCUT2D eigenvalue weighted by Gasteiger charge is -2.12. The van der Waals surface area contributed by atoms with Gasteiger partial charge in [-0.25, -0.2) is 15.0 Å². The van der Waals surface area contributed by atoms with Crippen molar-refractivity contribution in [3.8, 4) is 62.0 Å². The highest BCUT2D eigenvalue weighted by Crippen LogP contribution is 2.38. The molecule has 60 heavy (non-hydrogen) atoms. The number of rotatable bonds is 6. The van der Waals surface area contributed by atoms with E-state index in [-0.39, 0.29) is 0 Å². The molecule has 0 fully saturated rings. The van der Waals surface area contributed by atoms with E-state index in [2.05, 4.69) is 177 Å². The minimum atomic E-state index is 0.691. The van der Waals surface area contributed by atoms with Crippen molar-refractivity contribution in [3.63, 3.8) is 0 Å². The van der Waals surface area contributed by atoms with Gasteiger partial charge in [-0.3, -0.25) is 0 Å². The molecule has 7 heteroatoms. The van der Waals surface area contributed by atoms with Crippen LogP contribution in [0.3, 0.4) is 0 Å². The summed E-state index contributed by atoms with van der Waals surface area (Å²) in [4.78, 5) is 15.4. The van der Waals surface area contributed by atoms with Gasteiger partial charge in [-0.05, 0) is 59.7 Å². The average molecular weight is 785 g/mol. The normalized spacial score (nSPS) is 11.7. The summed E-state index contributed by atoms with van der Waals surface area (Å²) in [5.41, 5.74) is 15.3. The molecule has 8 aromatic carbocycles. The van der Waals surface area contributed by atoms with Gasteiger partial charge in [0, 0.05) is 54.9 Å². The molecule has 0 aliphatic rings. The van der Waals surface area contributed by atoms with E-state index in [9.17, 15) is 0 Å². The van der Waals surface area contributed by atoms with E-state index in [1.165, 1.54) is 33.5 Å². The zero-order valence-corrected chi connectivity index (χ0v) is 32.9. The standard InChI is InChI=1S/C53H32N6S/c1-2-10-38(11-3-1)53-55-46(32-47(56-53)36-26-28-39(29-27-36)59-48-16-8-5-12-40(48)41-13-6-9-17-49(41)59)35-22-18-33(19-23-35)34-20-24-37(25-21-34)51-43-30-31-45-52(58-60-57-45)50(43)42-14-4-7-15-44(42)54-51/h1-32H. The molecule has 0 atom stereocenters. The van der Waals surface area contributed by atoms with E-state index >= 15 is 0 Å². The van der Waals surface area contributed by atoms with Gasteiger partial charge < -0.3 is 4.57 Å². The fourth-order valence-electron chi connectivity index (χ4n) is 8.60. The Bertz CT molecular complexity index is 3520. The van der Waals surface area contributed by atoms with Crippen LogP contribution in [-0.4, -0.2) is 28.3 Å². The molecule has 0 spiro atoms. The third kappa shape index (κ3) is 5.67. The van der Waals surface area contributed by atoms with Crippen LogP contribution >= 0.6 is 11.7 Å². The predicted octanol–water partition coefficient (Wildman–Crippen LogP) is 13.6. The molecule has 0 saturated carbocycles. The maximum atomic E-state index is 5.15. The molecule has 0 unspecified atom stereocenters. The Balaban J connectivity index is 0.888. The Morgan fingerprint density at radius 2 is 0.917 bits per heavy atom. The number of nitrogens with zero attached hydrogens (tertiary/aromatic N) is 6. The maximum absolute atomic E-state index is 5.15. The molecule has 0 amide bonds. The molecule has 4 heterocycles. The lowest BCUT2D eigenvalue weighted by atomic mass is 9.97. The van der Waals surface area contributed by atoms with Crippen LogP contribution in [0.1, 0.15) is 0 Å². The van der Waals surface area contributed by atoms with E-state index in [1.54, 1.807) is 0 Å². The van der Waals surface area contributed by atoms with Gasteiger partial charge in [0.1, 0.15) is 11.0 Å². The summed E-state index contributed by atoms with van der Waals surface area (Å²) in [6.45, 7) is 0. The lowest BCUT2D eigenvalue weighted by molar-refractivity contribution is 1.17. The van der Waals surface area contributed by atoms with Crippen molar-refractivity contribution in [2.75, 3.05) is 0 Å². The Morgan fingerprint density at radius 1 is 0.367 bits per heavy atom. The van der Waals surface area contributed by atoms with Crippen LogP contribution in [0.15, 0.2) is 194 Å². The van der Waals surface area contributed by atoms with Crippen molar-refractivity contribution < 1.29 is 0 Å². The second-order valence-corrected chi connectivity index (χ2v) is 15.5. The maximum Gasteiger partial charge on any atom is 0.160 e. The number of para-hydroxylation sites is 3. The van der Waals surface area contributed by atoms with E-state index in [0.29, 0.717) is 5.82 Å². The van der Waals surface area contributed by atoms with Crippen molar-refractivity contribution in [2.45, 2.75) is 0 Å². The van der Waals surface area contributed by atoms with E-state index in [1.807, 2.05) is 30.3 Å². The van der Waals surface area contributed by atoms with Crippen molar-refractivity contribution in [3.05, 3.63) is 194 Å². The molecule has 4 aromatic heterocycles. The first kappa shape index (κ1) is 34.2. The number of pyridine rings is 1. The van der Waals surface area contributed by atoms with Crippen LogP contribution in [0, 0.1) is 0 Å². The van der Waals surface area contributed by atoms with E-state index < -0.39 is 0 Å². The molecule has 0 saturated heterocycles. The molecular weight excluding hydrogens is 753 g/mol. The van der Waals surface area contributed by atoms with Crippen molar-refractivity contribution in [2.24, 2.45) is 0 Å². The van der Waals surface area contributed by atoms with Gasteiger partial charge in [0.2, 0.25) is 0 Å². The highest BCUT2D eigenvalue weighted by Gasteiger charge is 2.17. The minimum absolute atomic E-state index is 0.691. The fraction of sp³-hybridized carbons (Fsp3) is 0. The first-order chi connectivity index (χ1) is 29.7. The first-order valence-corrected chi connectivity index (χ1v) is 20.6. The largest absolute Gasteiger partial charge is 0.309 e. The summed E-state index contributed by atoms with van der Waals surface area (Å²) in [5.74, 6) is 0.691. The van der Waals surface area contributed by atoms with Gasteiger partial charge in [0.25, 0.3) is 0 Å². The summed E-state index contributed by atoms with van der Waals surface area (Å²) in [6, 6.07) is 68.0. The first-order valence-electron chi connectivity index (χ1n) is 19.9. The summed E-state index contributed by atoms with van der Waals surface area (Å²) in [7, 11) is 0. The third-order valence-electron chi connectivity index (χ3n) is 11.5. The summed E-state index contributed by atoms with van der Waals surface area (Å²) in [5, 5.41) is 5.75. The summed E-state index contributed by atoms with van der Waals surface area (Å²) >= 11 is 1.25. The molecule has 0 radical (unpaired) electrons. The van der Waals surface area contributed by atoms with Crippen molar-refractivity contribution in [1.29, 1.82) is 0 Å². The molecule has 12 rings (SSSR count). The Labute approximate surface area is 349 Å². The van der Waals surface area contributed by atoms with Crippen LogP contribution in [0.25, 0.3) is 116 Å². The number of hydrogen-bond acceptors (Lipinski definition) is 6. The Kier molecular flexibility index (Phi) is 7.92. The van der Waals surface area contributed by atoms with E-state index in [4.69, 9.17) is 15.0 Å². The average Bonchev–Trinajstić information content (AvgIpc) is 3.95. The second-order valence-electron chi connectivity index (χ2n) is 15.0. The predicted molar refractivity (Wildman–Crippen MR) is 247 cm³/mol. The highest BCUT2D eigenvalue weighted by atomic mass is 32.1. The van der Waals surface area contributed by atoms with Crippen LogP contribution in [0.2, 0.25) is 0 Å². The minimum Gasteiger partial charge on any atom is -0.309 e. The van der Waals surface area contributed by atoms with Crippen LogP contribution < -0.4 is 0 Å². The molecule has 0 aliphatic heterocycles. The Morgan fingerprint density at radius 3 is 1.58 bits per heavy atom. The Hall–Kier alpha value is -7.87. The van der Waals surface area contributed by atoms with Crippen LogP contribution in [0.5, 0.6) is 0 Å². The number of aromatic nitrogens is 6. The summed E-state index contributed by atoms with van der Waals surface area (Å²) in [6.07, 6.45) is 0. The van der Waals surface area contributed by atoms with Gasteiger partial charge in [-0.15, -0.1) is 0 Å². The van der Waals surface area contributed by atoms with Gasteiger partial charge in [0.15, 0.2) is 5.82 Å². The topological polar surface area (TPSA) is 69.4 Å². The molecule has 0 N–H and O–H groups in total. The number of hydrogen-bond donors (Lipinski definition) is 0. The smallest absolute Gasteiger partial charge is 0.160 e. The number of fused-ring (bicyclic) bond motifs is 8. The molecule has 280 valence electrons. The van der Waals surface area contributed by atoms with Gasteiger partial charge in [-0.2, -0.15) is 8.75 Å². The highest BCUT2D eigenvalue weighted by molar-refractivity contribution is 7.00. The van der Waals surface area contributed by atoms with Crippen molar-refractivity contribution in [1.82, 2.24) is 28.3 Å². The zero-order valence-electron chi connectivity index (χ0n) is 32.1. The molecular formula is C53H32N6S. The molecule has 0 aliphatic carbocycles. The molecule has 6 nitrogen and oxygen atoms in total. The van der Waals surface area contributed by atoms with E-state index in [0.717, 1.165) is 88.9 Å². The lowest BCUT2D eigenvalue weighted by Crippen LogP contribution is -1.97. The number of benzene rings is 8. The van der Waals surface area contributed by atoms with Gasteiger partial charge in [0.05, 0.1) is 45.4 Å². The van der Waals surface area contributed by atoms with Crippen molar-refractivity contribution >= 4 is 66.2 Å². The second kappa shape index (κ2) is 13.9. The zero-order chi connectivity index (χ0) is 39.6. The third-order valence-corrected chi connectivity index (χ3v) is 12.1.